The number of aromatic nitrogens is 1. The lowest BCUT2D eigenvalue weighted by atomic mass is 10.1. The number of carbonyl (C=O) groups is 1. The number of hydrogen-bond donors (Lipinski definition) is 0. The van der Waals surface area contributed by atoms with E-state index in [4.69, 9.17) is 4.42 Å². The molecule has 0 spiro atoms. The molecule has 3 heteroatoms. The largest absolute Gasteiger partial charge is 0.448 e. The molecule has 0 unspecified atom stereocenters. The van der Waals surface area contributed by atoms with Crippen LogP contribution >= 0.6 is 0 Å². The predicted octanol–water partition coefficient (Wildman–Crippen LogP) is 3.03. The Hall–Kier alpha value is -1.90. The van der Waals surface area contributed by atoms with E-state index >= 15 is 0 Å². The first-order valence-corrected chi connectivity index (χ1v) is 5.23. The van der Waals surface area contributed by atoms with Crippen molar-refractivity contribution in [3.05, 3.63) is 53.7 Å². The zero-order chi connectivity index (χ0) is 11.5. The maximum absolute atomic E-state index is 12.0. The summed E-state index contributed by atoms with van der Waals surface area (Å²) in [4.78, 5) is 16.1. The fraction of sp³-hybridized carbons (Fsp3) is 0.231. The van der Waals surface area contributed by atoms with Crippen molar-refractivity contribution >= 4 is 5.78 Å². The van der Waals surface area contributed by atoms with Gasteiger partial charge in [-0.15, -0.1) is 0 Å². The minimum absolute atomic E-state index is 0.101. The Bertz CT molecular complexity index is 486. The van der Waals surface area contributed by atoms with Crippen molar-refractivity contribution in [2.45, 2.75) is 19.8 Å². The van der Waals surface area contributed by atoms with Crippen LogP contribution in [0.5, 0.6) is 0 Å². The fourth-order valence-electron chi connectivity index (χ4n) is 1.39. The minimum Gasteiger partial charge on any atom is -0.448 e. The van der Waals surface area contributed by atoms with Crippen molar-refractivity contribution in [1.29, 1.82) is 0 Å². The lowest BCUT2D eigenvalue weighted by Crippen LogP contribution is -2.01. The maximum Gasteiger partial charge on any atom is 0.214 e. The molecule has 0 N–H and O–H groups in total. The van der Waals surface area contributed by atoms with E-state index in [-0.39, 0.29) is 11.7 Å². The highest BCUT2D eigenvalue weighted by Gasteiger charge is 2.15. The Morgan fingerprint density at radius 3 is 2.50 bits per heavy atom. The first kappa shape index (κ1) is 10.6. The Kier molecular flexibility index (Phi) is 2.86. The van der Waals surface area contributed by atoms with E-state index in [0.717, 1.165) is 0 Å². The lowest BCUT2D eigenvalue weighted by molar-refractivity contribution is 0.103. The van der Waals surface area contributed by atoms with E-state index in [1.54, 1.807) is 12.1 Å². The second-order valence-electron chi connectivity index (χ2n) is 3.92. The third-order valence-electron chi connectivity index (χ3n) is 2.28. The zero-order valence-corrected chi connectivity index (χ0v) is 9.31. The standard InChI is InChI=1S/C13H13NO2/c1-9(2)13-14-11(8-16-13)12(15)10-6-4-3-5-7-10/h3-9H,1-2H3. The SMILES string of the molecule is CC(C)c1nc(C(=O)c2ccccc2)co1. The van der Waals surface area contributed by atoms with Gasteiger partial charge in [0.05, 0.1) is 0 Å². The molecule has 0 aliphatic heterocycles. The van der Waals surface area contributed by atoms with Crippen LogP contribution in [0.4, 0.5) is 0 Å². The van der Waals surface area contributed by atoms with Crippen LogP contribution in [0.15, 0.2) is 41.0 Å². The average molecular weight is 215 g/mol. The van der Waals surface area contributed by atoms with Gasteiger partial charge in [0.15, 0.2) is 5.89 Å². The van der Waals surface area contributed by atoms with E-state index in [2.05, 4.69) is 4.98 Å². The molecule has 16 heavy (non-hydrogen) atoms. The van der Waals surface area contributed by atoms with Gasteiger partial charge >= 0.3 is 0 Å². The second kappa shape index (κ2) is 4.31. The van der Waals surface area contributed by atoms with Crippen molar-refractivity contribution in [2.75, 3.05) is 0 Å². The fourth-order valence-corrected chi connectivity index (χ4v) is 1.39. The van der Waals surface area contributed by atoms with Crippen molar-refractivity contribution in [3.8, 4) is 0 Å². The van der Waals surface area contributed by atoms with Crippen LogP contribution in [0.2, 0.25) is 0 Å². The molecule has 0 radical (unpaired) electrons. The number of oxazole rings is 1. The van der Waals surface area contributed by atoms with Gasteiger partial charge in [0.2, 0.25) is 5.78 Å². The molecule has 1 heterocycles. The predicted molar refractivity (Wildman–Crippen MR) is 60.5 cm³/mol. The molecule has 0 saturated heterocycles. The number of carbonyl (C=O) groups excluding carboxylic acids is 1. The third-order valence-corrected chi connectivity index (χ3v) is 2.28. The topological polar surface area (TPSA) is 43.1 Å². The van der Waals surface area contributed by atoms with Gasteiger partial charge in [-0.2, -0.15) is 0 Å². The van der Waals surface area contributed by atoms with E-state index in [9.17, 15) is 4.79 Å². The molecule has 0 aliphatic rings. The smallest absolute Gasteiger partial charge is 0.214 e. The molecule has 1 aromatic heterocycles. The number of hydrogen-bond acceptors (Lipinski definition) is 3. The molecule has 0 atom stereocenters. The summed E-state index contributed by atoms with van der Waals surface area (Å²) in [6, 6.07) is 9.07. The molecule has 2 aromatic rings. The highest BCUT2D eigenvalue weighted by molar-refractivity contribution is 6.07. The van der Waals surface area contributed by atoms with Gasteiger partial charge in [-0.1, -0.05) is 44.2 Å². The number of nitrogens with zero attached hydrogens (tertiary/aromatic N) is 1. The lowest BCUT2D eigenvalue weighted by Gasteiger charge is -1.96. The zero-order valence-electron chi connectivity index (χ0n) is 9.31. The van der Waals surface area contributed by atoms with Gasteiger partial charge < -0.3 is 4.42 Å². The van der Waals surface area contributed by atoms with Crippen LogP contribution in [0.3, 0.4) is 0 Å². The Morgan fingerprint density at radius 2 is 1.94 bits per heavy atom. The molecule has 0 saturated carbocycles. The normalized spacial score (nSPS) is 10.7. The summed E-state index contributed by atoms with van der Waals surface area (Å²) in [5.41, 5.74) is 1.00. The first-order chi connectivity index (χ1) is 7.68. The molecule has 0 aliphatic carbocycles. The van der Waals surface area contributed by atoms with Gasteiger partial charge in [-0.3, -0.25) is 4.79 Å². The minimum atomic E-state index is -0.101. The molecule has 82 valence electrons. The molecule has 1 aromatic carbocycles. The number of rotatable bonds is 3. The highest BCUT2D eigenvalue weighted by Crippen LogP contribution is 2.15. The maximum atomic E-state index is 12.0. The van der Waals surface area contributed by atoms with E-state index in [1.807, 2.05) is 32.0 Å². The van der Waals surface area contributed by atoms with Crippen molar-refractivity contribution < 1.29 is 9.21 Å². The van der Waals surface area contributed by atoms with Crippen LogP contribution in [0.25, 0.3) is 0 Å². The Morgan fingerprint density at radius 1 is 1.25 bits per heavy atom. The van der Waals surface area contributed by atoms with E-state index < -0.39 is 0 Å². The Labute approximate surface area is 94.1 Å². The summed E-state index contributed by atoms with van der Waals surface area (Å²) >= 11 is 0. The highest BCUT2D eigenvalue weighted by atomic mass is 16.3. The summed E-state index contributed by atoms with van der Waals surface area (Å²) in [6.07, 6.45) is 1.42. The van der Waals surface area contributed by atoms with Crippen molar-refractivity contribution in [2.24, 2.45) is 0 Å². The summed E-state index contributed by atoms with van der Waals surface area (Å²) in [5.74, 6) is 0.688. The second-order valence-corrected chi connectivity index (χ2v) is 3.92. The van der Waals surface area contributed by atoms with Gasteiger partial charge in [0.1, 0.15) is 12.0 Å². The molecule has 3 nitrogen and oxygen atoms in total. The van der Waals surface area contributed by atoms with Crippen molar-refractivity contribution in [1.82, 2.24) is 4.98 Å². The van der Waals surface area contributed by atoms with E-state index in [0.29, 0.717) is 17.1 Å². The van der Waals surface area contributed by atoms with Crippen LogP contribution < -0.4 is 0 Å². The van der Waals surface area contributed by atoms with Crippen LogP contribution in [0, 0.1) is 0 Å². The van der Waals surface area contributed by atoms with Crippen LogP contribution in [0.1, 0.15) is 41.7 Å². The number of benzene rings is 1. The molecule has 2 rings (SSSR count). The molecule has 0 amide bonds. The van der Waals surface area contributed by atoms with Gasteiger partial charge in [-0.25, -0.2) is 4.98 Å². The van der Waals surface area contributed by atoms with E-state index in [1.165, 1.54) is 6.26 Å². The summed E-state index contributed by atoms with van der Waals surface area (Å²) in [7, 11) is 0. The summed E-state index contributed by atoms with van der Waals surface area (Å²) in [5, 5.41) is 0. The average Bonchev–Trinajstić information content (AvgIpc) is 2.78. The Balaban J connectivity index is 2.28. The van der Waals surface area contributed by atoms with Gasteiger partial charge in [0, 0.05) is 11.5 Å². The van der Waals surface area contributed by atoms with Crippen LogP contribution in [-0.4, -0.2) is 10.8 Å². The molecule has 0 fully saturated rings. The van der Waals surface area contributed by atoms with Gasteiger partial charge in [0.25, 0.3) is 0 Å². The first-order valence-electron chi connectivity index (χ1n) is 5.23. The summed E-state index contributed by atoms with van der Waals surface area (Å²) in [6.45, 7) is 3.95. The van der Waals surface area contributed by atoms with Crippen molar-refractivity contribution in [3.63, 3.8) is 0 Å². The summed E-state index contributed by atoms with van der Waals surface area (Å²) < 4.78 is 5.24. The quantitative estimate of drug-likeness (QED) is 0.739. The third kappa shape index (κ3) is 2.03. The number of ketones is 1. The molecular weight excluding hydrogens is 202 g/mol. The van der Waals surface area contributed by atoms with Crippen LogP contribution in [-0.2, 0) is 0 Å². The molecular formula is C13H13NO2. The molecule has 0 bridgehead atoms. The monoisotopic (exact) mass is 215 g/mol. The van der Waals surface area contributed by atoms with Gasteiger partial charge in [-0.05, 0) is 0 Å².